The van der Waals surface area contributed by atoms with E-state index in [2.05, 4.69) is 10.6 Å². The molecular weight excluding hydrogens is 597 g/mol. The van der Waals surface area contributed by atoms with Gasteiger partial charge in [-0.15, -0.1) is 0 Å². The van der Waals surface area contributed by atoms with E-state index in [4.69, 9.17) is 43.7 Å². The molecule has 0 fully saturated rings. The van der Waals surface area contributed by atoms with Crippen molar-refractivity contribution in [1.82, 2.24) is 5.32 Å². The van der Waals surface area contributed by atoms with E-state index in [1.54, 1.807) is 0 Å². The Kier molecular flexibility index (Phi) is 8.81. The normalized spacial score (nSPS) is 11.1. The monoisotopic (exact) mass is 612 g/mol. The fourth-order valence-corrected chi connectivity index (χ4v) is 4.85. The van der Waals surface area contributed by atoms with E-state index < -0.39 is 27.8 Å². The molecule has 0 saturated carbocycles. The van der Waals surface area contributed by atoms with Crippen LogP contribution in [0.25, 0.3) is 0 Å². The molecule has 0 aliphatic rings. The molecule has 39 heavy (non-hydrogen) atoms. The second kappa shape index (κ2) is 12.1. The predicted octanol–water partition coefficient (Wildman–Crippen LogP) is 7.81. The first kappa shape index (κ1) is 28.4. The highest BCUT2D eigenvalue weighted by molar-refractivity contribution is 7.87. The molecule has 202 valence electrons. The Hall–Kier alpha value is -3.57. The highest BCUT2D eigenvalue weighted by Gasteiger charge is 2.18. The third kappa shape index (κ3) is 7.30. The Bertz CT molecular complexity index is 1580. The van der Waals surface area contributed by atoms with Crippen molar-refractivity contribution < 1.29 is 30.9 Å². The molecule has 0 aliphatic carbocycles. The predicted molar refractivity (Wildman–Crippen MR) is 144 cm³/mol. The minimum absolute atomic E-state index is 0.0284. The Labute approximate surface area is 237 Å². The van der Waals surface area contributed by atoms with E-state index in [9.17, 15) is 22.0 Å². The summed E-state index contributed by atoms with van der Waals surface area (Å²) in [6.07, 6.45) is 0. The van der Waals surface area contributed by atoms with Gasteiger partial charge in [0.25, 0.3) is 0 Å². The summed E-state index contributed by atoms with van der Waals surface area (Å²) in [7, 11) is -4.12. The van der Waals surface area contributed by atoms with Gasteiger partial charge in [0.15, 0.2) is 5.75 Å². The third-order valence-corrected chi connectivity index (χ3v) is 7.17. The molecule has 0 aromatic heterocycles. The van der Waals surface area contributed by atoms with Gasteiger partial charge in [-0.25, -0.2) is 13.6 Å². The van der Waals surface area contributed by atoms with Crippen molar-refractivity contribution in [2.24, 2.45) is 0 Å². The number of halogens is 5. The number of ether oxygens (including phenoxy) is 1. The van der Waals surface area contributed by atoms with Crippen LogP contribution in [-0.2, 0) is 16.7 Å². The summed E-state index contributed by atoms with van der Waals surface area (Å²) in [6, 6.07) is 16.5. The molecule has 0 saturated heterocycles. The summed E-state index contributed by atoms with van der Waals surface area (Å²) in [5, 5.41) is 5.30. The van der Waals surface area contributed by atoms with Crippen LogP contribution in [-0.4, -0.2) is 14.4 Å². The second-order valence-corrected chi connectivity index (χ2v) is 10.6. The van der Waals surface area contributed by atoms with E-state index in [1.165, 1.54) is 66.7 Å². The van der Waals surface area contributed by atoms with Gasteiger partial charge in [-0.3, -0.25) is 0 Å². The zero-order valence-corrected chi connectivity index (χ0v) is 22.6. The van der Waals surface area contributed by atoms with Crippen LogP contribution in [0, 0.1) is 11.6 Å². The molecule has 4 aromatic rings. The van der Waals surface area contributed by atoms with E-state index in [0.717, 1.165) is 12.1 Å². The number of urea groups is 1. The van der Waals surface area contributed by atoms with Gasteiger partial charge in [-0.05, 0) is 72.8 Å². The minimum Gasteiger partial charge on any atom is -0.454 e. The first-order chi connectivity index (χ1) is 18.5. The molecule has 0 bridgehead atoms. The van der Waals surface area contributed by atoms with Gasteiger partial charge in [0.05, 0.1) is 16.6 Å². The van der Waals surface area contributed by atoms with Crippen LogP contribution in [0.5, 0.6) is 17.2 Å². The number of hydrogen-bond acceptors (Lipinski definition) is 5. The summed E-state index contributed by atoms with van der Waals surface area (Å²) in [6.45, 7) is -0.385. The molecule has 13 heteroatoms. The Morgan fingerprint density at radius 3 is 1.97 bits per heavy atom. The van der Waals surface area contributed by atoms with Crippen molar-refractivity contribution >= 4 is 56.6 Å². The van der Waals surface area contributed by atoms with E-state index >= 15 is 0 Å². The molecule has 0 spiro atoms. The molecule has 4 aromatic carbocycles. The molecule has 0 radical (unpaired) electrons. The minimum atomic E-state index is -4.12. The summed E-state index contributed by atoms with van der Waals surface area (Å²) < 4.78 is 63.3. The molecule has 7 nitrogen and oxygen atoms in total. The van der Waals surface area contributed by atoms with Gasteiger partial charge < -0.3 is 19.6 Å². The van der Waals surface area contributed by atoms with Crippen molar-refractivity contribution in [1.29, 1.82) is 0 Å². The number of carbonyl (C=O) groups is 1. The lowest BCUT2D eigenvalue weighted by Crippen LogP contribution is -2.29. The molecule has 4 rings (SSSR count). The highest BCUT2D eigenvalue weighted by atomic mass is 35.5. The van der Waals surface area contributed by atoms with Gasteiger partial charge in [-0.2, -0.15) is 8.42 Å². The Balaban J connectivity index is 1.40. The SMILES string of the molecule is O=C(NCc1c(F)cccc1F)Nc1cc(Cl)c(Oc2ccc(S(=O)(=O)Oc3ccc(Cl)cc3)cc2)c(Cl)c1. The third-order valence-electron chi connectivity index (χ3n) is 5.10. The first-order valence-corrected chi connectivity index (χ1v) is 13.5. The van der Waals surface area contributed by atoms with Crippen molar-refractivity contribution in [3.63, 3.8) is 0 Å². The maximum Gasteiger partial charge on any atom is 0.339 e. The molecule has 0 aliphatic heterocycles. The van der Waals surface area contributed by atoms with Crippen molar-refractivity contribution in [3.8, 4) is 17.2 Å². The van der Waals surface area contributed by atoms with Gasteiger partial charge >= 0.3 is 16.1 Å². The van der Waals surface area contributed by atoms with Crippen LogP contribution >= 0.6 is 34.8 Å². The zero-order valence-electron chi connectivity index (χ0n) is 19.6. The van der Waals surface area contributed by atoms with E-state index in [0.29, 0.717) is 5.02 Å². The molecular formula is C26H17Cl3F2N2O5S. The number of amides is 2. The molecule has 2 N–H and O–H groups in total. The lowest BCUT2D eigenvalue weighted by atomic mass is 10.2. The van der Waals surface area contributed by atoms with Crippen molar-refractivity contribution in [2.45, 2.75) is 11.4 Å². The van der Waals surface area contributed by atoms with Crippen LogP contribution in [0.4, 0.5) is 19.3 Å². The quantitative estimate of drug-likeness (QED) is 0.198. The Morgan fingerprint density at radius 2 is 1.38 bits per heavy atom. The average Bonchev–Trinajstić information content (AvgIpc) is 2.87. The summed E-state index contributed by atoms with van der Waals surface area (Å²) in [5.41, 5.74) is -0.104. The Morgan fingerprint density at radius 1 is 0.821 bits per heavy atom. The molecule has 2 amide bonds. The van der Waals surface area contributed by atoms with Gasteiger partial charge in [-0.1, -0.05) is 40.9 Å². The summed E-state index contributed by atoms with van der Waals surface area (Å²) in [5.74, 6) is -1.22. The average molecular weight is 614 g/mol. The molecule has 0 heterocycles. The smallest absolute Gasteiger partial charge is 0.339 e. The van der Waals surface area contributed by atoms with E-state index in [-0.39, 0.29) is 50.0 Å². The first-order valence-electron chi connectivity index (χ1n) is 11.0. The van der Waals surface area contributed by atoms with Gasteiger partial charge in [0.1, 0.15) is 28.0 Å². The maximum atomic E-state index is 13.7. The molecule has 0 unspecified atom stereocenters. The fraction of sp³-hybridized carbons (Fsp3) is 0.0385. The van der Waals surface area contributed by atoms with Crippen LogP contribution in [0.3, 0.4) is 0 Å². The highest BCUT2D eigenvalue weighted by Crippen LogP contribution is 2.39. The maximum absolute atomic E-state index is 13.7. The standard InChI is InChI=1S/C26H17Cl3F2N2O5S/c27-15-4-6-18(7-5-15)38-39(35,36)19-10-8-17(9-11-19)37-25-21(28)12-16(13-22(25)29)33-26(34)32-14-20-23(30)2-1-3-24(20)31/h1-13H,14H2,(H2,32,33,34). The molecule has 0 atom stereocenters. The van der Waals surface area contributed by atoms with Crippen LogP contribution in [0.1, 0.15) is 5.56 Å². The second-order valence-electron chi connectivity index (χ2n) is 7.84. The summed E-state index contributed by atoms with van der Waals surface area (Å²) >= 11 is 18.4. The largest absolute Gasteiger partial charge is 0.454 e. The lowest BCUT2D eigenvalue weighted by Gasteiger charge is -2.13. The van der Waals surface area contributed by atoms with Crippen molar-refractivity contribution in [3.05, 3.63) is 111 Å². The summed E-state index contributed by atoms with van der Waals surface area (Å²) in [4.78, 5) is 12.1. The van der Waals surface area contributed by atoms with E-state index in [1.807, 2.05) is 0 Å². The number of carbonyl (C=O) groups excluding carboxylic acids is 1. The number of hydrogen-bond donors (Lipinski definition) is 2. The fourth-order valence-electron chi connectivity index (χ4n) is 3.23. The lowest BCUT2D eigenvalue weighted by molar-refractivity contribution is 0.251. The van der Waals surface area contributed by atoms with Crippen LogP contribution in [0.2, 0.25) is 15.1 Å². The van der Waals surface area contributed by atoms with Crippen LogP contribution in [0.15, 0.2) is 83.8 Å². The zero-order chi connectivity index (χ0) is 28.2. The van der Waals surface area contributed by atoms with Gasteiger partial charge in [0.2, 0.25) is 0 Å². The number of nitrogens with one attached hydrogen (secondary N) is 2. The number of rotatable bonds is 8. The van der Waals surface area contributed by atoms with Crippen molar-refractivity contribution in [2.75, 3.05) is 5.32 Å². The number of anilines is 1. The topological polar surface area (TPSA) is 93.7 Å². The van der Waals surface area contributed by atoms with Crippen LogP contribution < -0.4 is 19.6 Å². The number of benzene rings is 4. The van der Waals surface area contributed by atoms with Gasteiger partial charge in [0, 0.05) is 16.3 Å².